The molecule has 0 aliphatic carbocycles. The average Bonchev–Trinajstić information content (AvgIpc) is 2.51. The van der Waals surface area contributed by atoms with Crippen molar-refractivity contribution in [2.24, 2.45) is 11.1 Å². The summed E-state index contributed by atoms with van der Waals surface area (Å²) in [6, 6.07) is 12.1. The van der Waals surface area contributed by atoms with E-state index in [2.05, 4.69) is 5.32 Å². The number of aromatic nitrogens is 1. The Morgan fingerprint density at radius 3 is 2.38 bits per heavy atom. The smallest absolute Gasteiger partial charge is 0.250 e. The van der Waals surface area contributed by atoms with Crippen molar-refractivity contribution in [2.45, 2.75) is 27.3 Å². The summed E-state index contributed by atoms with van der Waals surface area (Å²) in [5.41, 5.74) is 6.92. The van der Waals surface area contributed by atoms with Gasteiger partial charge < -0.3 is 15.6 Å². The molecule has 2 aromatic rings. The fraction of sp³-hybridized carbons (Fsp3) is 0.278. The van der Waals surface area contributed by atoms with Crippen LogP contribution in [0.3, 0.4) is 0 Å². The summed E-state index contributed by atoms with van der Waals surface area (Å²) in [6.45, 7) is 5.77. The summed E-state index contributed by atoms with van der Waals surface area (Å²) < 4.78 is 1.61. The van der Waals surface area contributed by atoms with Gasteiger partial charge in [-0.2, -0.15) is 0 Å². The van der Waals surface area contributed by atoms with Crippen LogP contribution < -0.4 is 16.6 Å². The van der Waals surface area contributed by atoms with Gasteiger partial charge in [0.1, 0.15) is 4.99 Å². The predicted octanol–water partition coefficient (Wildman–Crippen LogP) is 2.46. The number of hydrogen-bond donors (Lipinski definition) is 2. The minimum absolute atomic E-state index is 0.114. The summed E-state index contributed by atoms with van der Waals surface area (Å²) in [6.07, 6.45) is 0. The predicted molar refractivity (Wildman–Crippen MR) is 100 cm³/mol. The van der Waals surface area contributed by atoms with Crippen LogP contribution in [0.15, 0.2) is 47.3 Å². The molecule has 0 bridgehead atoms. The van der Waals surface area contributed by atoms with Crippen LogP contribution in [0.4, 0.5) is 5.69 Å². The molecule has 0 atom stereocenters. The van der Waals surface area contributed by atoms with Gasteiger partial charge in [-0.3, -0.25) is 9.59 Å². The Bertz CT molecular complexity index is 823. The number of nitrogens with zero attached hydrogens (tertiary/aromatic N) is 1. The highest BCUT2D eigenvalue weighted by Gasteiger charge is 2.29. The molecule has 2 rings (SSSR count). The van der Waals surface area contributed by atoms with Crippen molar-refractivity contribution in [1.82, 2.24) is 4.57 Å². The third-order valence-corrected chi connectivity index (χ3v) is 4.10. The lowest BCUT2D eigenvalue weighted by Gasteiger charge is -2.25. The molecule has 0 saturated carbocycles. The molecular weight excluding hydrogens is 322 g/mol. The minimum Gasteiger partial charge on any atom is -0.389 e. The number of anilines is 1. The molecule has 3 N–H and O–H groups in total. The zero-order valence-corrected chi connectivity index (χ0v) is 14.8. The molecule has 24 heavy (non-hydrogen) atoms. The largest absolute Gasteiger partial charge is 0.389 e. The van der Waals surface area contributed by atoms with Crippen molar-refractivity contribution in [1.29, 1.82) is 0 Å². The van der Waals surface area contributed by atoms with Gasteiger partial charge in [0, 0.05) is 29.6 Å². The monoisotopic (exact) mass is 343 g/mol. The van der Waals surface area contributed by atoms with Crippen LogP contribution in [-0.2, 0) is 11.3 Å². The highest BCUT2D eigenvalue weighted by atomic mass is 32.1. The summed E-state index contributed by atoms with van der Waals surface area (Å²) in [5, 5.41) is 2.87. The SMILES string of the molecule is Cc1cccc(=O)n1CC(C)(C)C(=O)Nc1ccc(C(N)=S)cc1. The van der Waals surface area contributed by atoms with E-state index < -0.39 is 5.41 Å². The number of rotatable bonds is 5. The van der Waals surface area contributed by atoms with Crippen LogP contribution in [-0.4, -0.2) is 15.5 Å². The standard InChI is InChI=1S/C18H21N3O2S/c1-12-5-4-6-15(22)21(12)11-18(2,3)17(23)20-14-9-7-13(8-10-14)16(19)24/h4-10H,11H2,1-3H3,(H2,19,24)(H,20,23). The van der Waals surface area contributed by atoms with Gasteiger partial charge in [-0.1, -0.05) is 18.3 Å². The van der Waals surface area contributed by atoms with Crippen molar-refractivity contribution in [3.63, 3.8) is 0 Å². The first-order valence-electron chi connectivity index (χ1n) is 7.58. The second kappa shape index (κ2) is 6.97. The van der Waals surface area contributed by atoms with Crippen molar-refractivity contribution in [2.75, 3.05) is 5.32 Å². The maximum Gasteiger partial charge on any atom is 0.250 e. The van der Waals surface area contributed by atoms with Gasteiger partial charge in [-0.05, 0) is 51.1 Å². The van der Waals surface area contributed by atoms with E-state index in [-0.39, 0.29) is 11.5 Å². The molecular formula is C18H21N3O2S. The summed E-state index contributed by atoms with van der Waals surface area (Å²) in [4.78, 5) is 24.9. The van der Waals surface area contributed by atoms with E-state index >= 15 is 0 Å². The number of pyridine rings is 1. The summed E-state index contributed by atoms with van der Waals surface area (Å²) in [5.74, 6) is -0.166. The van der Waals surface area contributed by atoms with Gasteiger partial charge >= 0.3 is 0 Å². The summed E-state index contributed by atoms with van der Waals surface area (Å²) >= 11 is 4.91. The zero-order chi connectivity index (χ0) is 17.9. The Kier molecular flexibility index (Phi) is 5.19. The molecule has 126 valence electrons. The van der Waals surface area contributed by atoms with E-state index in [0.29, 0.717) is 17.2 Å². The number of nitrogens with one attached hydrogen (secondary N) is 1. The third-order valence-electron chi connectivity index (χ3n) is 3.86. The second-order valence-corrected chi connectivity index (χ2v) is 6.81. The van der Waals surface area contributed by atoms with Gasteiger partial charge in [0.15, 0.2) is 0 Å². The topological polar surface area (TPSA) is 77.1 Å². The Labute approximate surface area is 146 Å². The number of aryl methyl sites for hydroxylation is 1. The average molecular weight is 343 g/mol. The number of thiocarbonyl (C=S) groups is 1. The molecule has 0 spiro atoms. The van der Waals surface area contributed by atoms with Crippen molar-refractivity contribution >= 4 is 28.8 Å². The maximum absolute atomic E-state index is 12.6. The number of carbonyl (C=O) groups excluding carboxylic acids is 1. The maximum atomic E-state index is 12.6. The molecule has 1 aromatic heterocycles. The van der Waals surface area contributed by atoms with Crippen LogP contribution in [0.2, 0.25) is 0 Å². The molecule has 6 heteroatoms. The third kappa shape index (κ3) is 4.08. The molecule has 5 nitrogen and oxygen atoms in total. The van der Waals surface area contributed by atoms with Crippen molar-refractivity contribution in [3.8, 4) is 0 Å². The molecule has 1 aromatic carbocycles. The van der Waals surface area contributed by atoms with Crippen LogP contribution in [0.1, 0.15) is 25.1 Å². The van der Waals surface area contributed by atoms with Crippen molar-refractivity contribution in [3.05, 3.63) is 64.1 Å². The quantitative estimate of drug-likeness (QED) is 0.818. The Hall–Kier alpha value is -2.47. The lowest BCUT2D eigenvalue weighted by atomic mass is 9.91. The molecule has 0 aliphatic rings. The fourth-order valence-corrected chi connectivity index (χ4v) is 2.45. The highest BCUT2D eigenvalue weighted by Crippen LogP contribution is 2.21. The molecule has 1 heterocycles. The fourth-order valence-electron chi connectivity index (χ4n) is 2.31. The number of amides is 1. The van der Waals surface area contributed by atoms with E-state index in [4.69, 9.17) is 18.0 Å². The van der Waals surface area contributed by atoms with Crippen LogP contribution in [0.25, 0.3) is 0 Å². The molecule has 0 unspecified atom stereocenters. The number of nitrogens with two attached hydrogens (primary N) is 1. The van der Waals surface area contributed by atoms with Crippen LogP contribution >= 0.6 is 12.2 Å². The van der Waals surface area contributed by atoms with Gasteiger partial charge in [-0.15, -0.1) is 0 Å². The number of carbonyl (C=O) groups is 1. The lowest BCUT2D eigenvalue weighted by molar-refractivity contribution is -0.124. The summed E-state index contributed by atoms with van der Waals surface area (Å²) in [7, 11) is 0. The van der Waals surface area contributed by atoms with E-state index in [0.717, 1.165) is 11.3 Å². The van der Waals surface area contributed by atoms with Crippen LogP contribution in [0, 0.1) is 12.3 Å². The zero-order valence-electron chi connectivity index (χ0n) is 14.0. The first kappa shape index (κ1) is 17.9. The molecule has 0 saturated heterocycles. The van der Waals surface area contributed by atoms with Gasteiger partial charge in [0.2, 0.25) is 5.91 Å². The Morgan fingerprint density at radius 1 is 1.21 bits per heavy atom. The van der Waals surface area contributed by atoms with Gasteiger partial charge in [-0.25, -0.2) is 0 Å². The molecule has 0 aliphatic heterocycles. The molecule has 0 radical (unpaired) electrons. The first-order valence-corrected chi connectivity index (χ1v) is 7.99. The Balaban J connectivity index is 2.15. The lowest BCUT2D eigenvalue weighted by Crippen LogP contribution is -2.38. The number of hydrogen-bond acceptors (Lipinski definition) is 3. The van der Waals surface area contributed by atoms with Crippen molar-refractivity contribution < 1.29 is 4.79 Å². The molecule has 1 amide bonds. The number of benzene rings is 1. The van der Waals surface area contributed by atoms with Gasteiger partial charge in [0.05, 0.1) is 5.41 Å². The highest BCUT2D eigenvalue weighted by molar-refractivity contribution is 7.80. The van der Waals surface area contributed by atoms with E-state index in [1.807, 2.05) is 26.8 Å². The normalized spacial score (nSPS) is 11.1. The molecule has 0 fully saturated rings. The van der Waals surface area contributed by atoms with Gasteiger partial charge in [0.25, 0.3) is 5.56 Å². The first-order chi connectivity index (χ1) is 11.2. The van der Waals surface area contributed by atoms with E-state index in [9.17, 15) is 9.59 Å². The second-order valence-electron chi connectivity index (χ2n) is 6.37. The van der Waals surface area contributed by atoms with Crippen LogP contribution in [0.5, 0.6) is 0 Å². The Morgan fingerprint density at radius 2 is 1.83 bits per heavy atom. The minimum atomic E-state index is -0.752. The van der Waals surface area contributed by atoms with E-state index in [1.165, 1.54) is 6.07 Å². The van der Waals surface area contributed by atoms with E-state index in [1.54, 1.807) is 34.9 Å².